The number of hydrogen-bond acceptors (Lipinski definition) is 8. The van der Waals surface area contributed by atoms with Gasteiger partial charge in [0.2, 0.25) is 5.95 Å². The summed E-state index contributed by atoms with van der Waals surface area (Å²) in [5.74, 6) is 3.12. The molecule has 1 spiro atoms. The fourth-order valence-electron chi connectivity index (χ4n) is 5.19. The van der Waals surface area contributed by atoms with E-state index in [9.17, 15) is 0 Å². The van der Waals surface area contributed by atoms with Gasteiger partial charge in [0.15, 0.2) is 0 Å². The van der Waals surface area contributed by atoms with Crippen molar-refractivity contribution >= 4 is 17.6 Å². The van der Waals surface area contributed by atoms with Crippen LogP contribution >= 0.6 is 0 Å². The first-order chi connectivity index (χ1) is 15.1. The Kier molecular flexibility index (Phi) is 5.35. The van der Waals surface area contributed by atoms with Gasteiger partial charge in [-0.25, -0.2) is 0 Å². The molecule has 0 saturated carbocycles. The second kappa shape index (κ2) is 8.16. The molecule has 0 aliphatic carbocycles. The summed E-state index contributed by atoms with van der Waals surface area (Å²) in [7, 11) is 3.90. The number of hydrogen-bond donors (Lipinski definition) is 1. The molecule has 2 saturated heterocycles. The Morgan fingerprint density at radius 1 is 1.00 bits per heavy atom. The third kappa shape index (κ3) is 3.78. The Bertz CT molecular complexity index is 921. The van der Waals surface area contributed by atoms with Crippen molar-refractivity contribution < 1.29 is 9.47 Å². The molecular weight excluding hydrogens is 392 g/mol. The summed E-state index contributed by atoms with van der Waals surface area (Å²) in [4.78, 5) is 16.0. The SMILES string of the molecule is COc1cccc2c1C1(CCN(c3cc(N4CCN(C)CC4)nc(N)n3)CC1)OCC2. The summed E-state index contributed by atoms with van der Waals surface area (Å²) in [6, 6.07) is 8.43. The van der Waals surface area contributed by atoms with E-state index in [-0.39, 0.29) is 5.60 Å². The summed E-state index contributed by atoms with van der Waals surface area (Å²) in [5, 5.41) is 0. The number of methoxy groups -OCH3 is 1. The monoisotopic (exact) mass is 424 g/mol. The lowest BCUT2D eigenvalue weighted by molar-refractivity contribution is -0.0780. The molecule has 3 aliphatic heterocycles. The van der Waals surface area contributed by atoms with Crippen molar-refractivity contribution in [3.63, 3.8) is 0 Å². The van der Waals surface area contributed by atoms with Gasteiger partial charge >= 0.3 is 0 Å². The number of fused-ring (bicyclic) bond motifs is 2. The third-order valence-corrected chi connectivity index (χ3v) is 6.98. The first-order valence-corrected chi connectivity index (χ1v) is 11.2. The fourth-order valence-corrected chi connectivity index (χ4v) is 5.19. The number of ether oxygens (including phenoxy) is 2. The minimum atomic E-state index is -0.282. The minimum absolute atomic E-state index is 0.282. The van der Waals surface area contributed by atoms with E-state index >= 15 is 0 Å². The maximum Gasteiger partial charge on any atom is 0.223 e. The summed E-state index contributed by atoms with van der Waals surface area (Å²) in [5.41, 5.74) is 8.42. The summed E-state index contributed by atoms with van der Waals surface area (Å²) in [6.45, 7) is 6.45. The third-order valence-electron chi connectivity index (χ3n) is 6.98. The van der Waals surface area contributed by atoms with Crippen molar-refractivity contribution in [3.8, 4) is 5.75 Å². The molecule has 0 bridgehead atoms. The van der Waals surface area contributed by atoms with Gasteiger partial charge in [-0.05, 0) is 37.9 Å². The number of nitrogens with two attached hydrogens (primary N) is 1. The molecule has 166 valence electrons. The van der Waals surface area contributed by atoms with Crippen LogP contribution in [0.2, 0.25) is 0 Å². The van der Waals surface area contributed by atoms with Gasteiger partial charge < -0.3 is 29.9 Å². The van der Waals surface area contributed by atoms with Gasteiger partial charge in [0.1, 0.15) is 23.0 Å². The van der Waals surface area contributed by atoms with Crippen LogP contribution in [0.3, 0.4) is 0 Å². The number of nitrogens with zero attached hydrogens (tertiary/aromatic N) is 5. The number of piperidine rings is 1. The lowest BCUT2D eigenvalue weighted by Crippen LogP contribution is -2.47. The highest BCUT2D eigenvalue weighted by Crippen LogP contribution is 2.46. The lowest BCUT2D eigenvalue weighted by atomic mass is 9.79. The summed E-state index contributed by atoms with van der Waals surface area (Å²) >= 11 is 0. The largest absolute Gasteiger partial charge is 0.496 e. The van der Waals surface area contributed by atoms with Crippen molar-refractivity contribution in [1.82, 2.24) is 14.9 Å². The number of rotatable bonds is 3. The molecule has 8 heteroatoms. The van der Waals surface area contributed by atoms with Gasteiger partial charge in [-0.2, -0.15) is 9.97 Å². The first-order valence-electron chi connectivity index (χ1n) is 11.2. The molecule has 0 radical (unpaired) electrons. The lowest BCUT2D eigenvalue weighted by Gasteiger charge is -2.45. The highest BCUT2D eigenvalue weighted by atomic mass is 16.5. The van der Waals surface area contributed by atoms with Crippen LogP contribution in [0.1, 0.15) is 24.0 Å². The van der Waals surface area contributed by atoms with E-state index in [1.165, 1.54) is 11.1 Å². The minimum Gasteiger partial charge on any atom is -0.496 e. The molecule has 3 aliphatic rings. The standard InChI is InChI=1S/C23H32N6O2/c1-27-11-13-29(14-12-27)20-16-19(25-22(24)26-20)28-9-7-23(8-10-28)21-17(6-15-31-23)4-3-5-18(21)30-2/h3-5,16H,6-15H2,1-2H3,(H2,24,25,26). The van der Waals surface area contributed by atoms with E-state index in [1.807, 2.05) is 0 Å². The quantitative estimate of drug-likeness (QED) is 0.800. The Balaban J connectivity index is 1.36. The fraction of sp³-hybridized carbons (Fsp3) is 0.565. The van der Waals surface area contributed by atoms with Crippen molar-refractivity contribution in [1.29, 1.82) is 0 Å². The molecular formula is C23H32N6O2. The average molecular weight is 425 g/mol. The van der Waals surface area contributed by atoms with Crippen molar-refractivity contribution in [2.75, 3.05) is 75.6 Å². The molecule has 8 nitrogen and oxygen atoms in total. The summed E-state index contributed by atoms with van der Waals surface area (Å²) < 4.78 is 12.2. The molecule has 2 N–H and O–H groups in total. The van der Waals surface area contributed by atoms with Gasteiger partial charge in [-0.3, -0.25) is 0 Å². The Morgan fingerprint density at radius 2 is 1.68 bits per heavy atom. The number of nitrogen functional groups attached to an aromatic ring is 1. The van der Waals surface area contributed by atoms with Crippen LogP contribution in [0.5, 0.6) is 5.75 Å². The zero-order valence-electron chi connectivity index (χ0n) is 18.5. The van der Waals surface area contributed by atoms with Crippen molar-refractivity contribution in [2.45, 2.75) is 24.9 Å². The van der Waals surface area contributed by atoms with Crippen LogP contribution in [-0.2, 0) is 16.8 Å². The molecule has 1 aromatic heterocycles. The van der Waals surface area contributed by atoms with Crippen LogP contribution in [-0.4, -0.2) is 74.9 Å². The van der Waals surface area contributed by atoms with Crippen LogP contribution in [0.15, 0.2) is 24.3 Å². The zero-order chi connectivity index (χ0) is 21.4. The Morgan fingerprint density at radius 3 is 2.35 bits per heavy atom. The molecule has 2 fully saturated rings. The Labute approximate surface area is 184 Å². The number of anilines is 3. The van der Waals surface area contributed by atoms with Crippen molar-refractivity contribution in [3.05, 3.63) is 35.4 Å². The molecule has 0 amide bonds. The highest BCUT2D eigenvalue weighted by molar-refractivity contribution is 5.55. The maximum atomic E-state index is 6.44. The second-order valence-corrected chi connectivity index (χ2v) is 8.81. The van der Waals surface area contributed by atoms with Gasteiger partial charge in [-0.1, -0.05) is 12.1 Å². The average Bonchev–Trinajstić information content (AvgIpc) is 2.79. The van der Waals surface area contributed by atoms with Crippen LogP contribution < -0.4 is 20.3 Å². The molecule has 1 aromatic carbocycles. The topological polar surface area (TPSA) is 80.0 Å². The van der Waals surface area contributed by atoms with Gasteiger partial charge in [0, 0.05) is 50.9 Å². The van der Waals surface area contributed by atoms with E-state index < -0.39 is 0 Å². The zero-order valence-corrected chi connectivity index (χ0v) is 18.5. The molecule has 2 aromatic rings. The number of benzene rings is 1. The van der Waals surface area contributed by atoms with E-state index in [4.69, 9.17) is 15.2 Å². The predicted octanol–water partition coefficient (Wildman–Crippen LogP) is 1.89. The smallest absolute Gasteiger partial charge is 0.223 e. The molecule has 0 unspecified atom stereocenters. The van der Waals surface area contributed by atoms with Gasteiger partial charge in [-0.15, -0.1) is 0 Å². The molecule has 0 atom stereocenters. The highest BCUT2D eigenvalue weighted by Gasteiger charge is 2.43. The van der Waals surface area contributed by atoms with Crippen LogP contribution in [0.25, 0.3) is 0 Å². The van der Waals surface area contributed by atoms with Crippen LogP contribution in [0.4, 0.5) is 17.6 Å². The second-order valence-electron chi connectivity index (χ2n) is 8.81. The Hall–Kier alpha value is -2.58. The van der Waals surface area contributed by atoms with E-state index in [0.29, 0.717) is 5.95 Å². The van der Waals surface area contributed by atoms with E-state index in [1.54, 1.807) is 7.11 Å². The van der Waals surface area contributed by atoms with Crippen LogP contribution in [0, 0.1) is 0 Å². The van der Waals surface area contributed by atoms with Crippen molar-refractivity contribution in [2.24, 2.45) is 0 Å². The first kappa shape index (κ1) is 20.3. The predicted molar refractivity (Wildman–Crippen MR) is 122 cm³/mol. The van der Waals surface area contributed by atoms with E-state index in [2.05, 4.69) is 56.0 Å². The summed E-state index contributed by atoms with van der Waals surface area (Å²) in [6.07, 6.45) is 2.73. The maximum absolute atomic E-state index is 6.44. The number of likely N-dealkylation sites (N-methyl/N-ethyl adjacent to an activating group) is 1. The number of aromatic nitrogens is 2. The molecule has 4 heterocycles. The molecule has 31 heavy (non-hydrogen) atoms. The normalized spacial score (nSPS) is 21.2. The van der Waals surface area contributed by atoms with E-state index in [0.717, 1.165) is 82.5 Å². The number of piperazine rings is 1. The van der Waals surface area contributed by atoms with Gasteiger partial charge in [0.25, 0.3) is 0 Å². The van der Waals surface area contributed by atoms with Gasteiger partial charge in [0.05, 0.1) is 13.7 Å². The molecule has 5 rings (SSSR count).